The van der Waals surface area contributed by atoms with Gasteiger partial charge in [-0.25, -0.2) is 4.39 Å². The molecule has 11 heavy (non-hydrogen) atoms. The molecule has 0 bridgehead atoms. The van der Waals surface area contributed by atoms with Gasteiger partial charge >= 0.3 is 0 Å². The lowest BCUT2D eigenvalue weighted by atomic mass is 9.91. The molecule has 0 atom stereocenters. The van der Waals surface area contributed by atoms with Crippen molar-refractivity contribution < 1.29 is 4.39 Å². The van der Waals surface area contributed by atoms with Gasteiger partial charge in [-0.3, -0.25) is 0 Å². The topological polar surface area (TPSA) is 0 Å². The second kappa shape index (κ2) is 2.96. The maximum atomic E-state index is 12.9. The smallest absolute Gasteiger partial charge is 0.0962 e. The van der Waals surface area contributed by atoms with E-state index in [2.05, 4.69) is 13.8 Å². The Morgan fingerprint density at radius 2 is 2.09 bits per heavy atom. The average Bonchev–Trinajstić information content (AvgIpc) is 2.69. The van der Waals surface area contributed by atoms with Crippen LogP contribution in [0.4, 0.5) is 4.39 Å². The molecule has 0 amide bonds. The van der Waals surface area contributed by atoms with Crippen molar-refractivity contribution in [1.82, 2.24) is 0 Å². The normalized spacial score (nSPS) is 22.5. The highest BCUT2D eigenvalue weighted by Gasteiger charge is 2.43. The van der Waals surface area contributed by atoms with Gasteiger partial charge in [0.15, 0.2) is 0 Å². The van der Waals surface area contributed by atoms with E-state index in [1.54, 1.807) is 0 Å². The lowest BCUT2D eigenvalue weighted by molar-refractivity contribution is 0.431. The molecule has 1 aliphatic carbocycles. The van der Waals surface area contributed by atoms with Crippen LogP contribution in [0.25, 0.3) is 0 Å². The first-order chi connectivity index (χ1) is 5.10. The average molecular weight is 156 g/mol. The summed E-state index contributed by atoms with van der Waals surface area (Å²) in [7, 11) is 0. The van der Waals surface area contributed by atoms with Gasteiger partial charge in [-0.05, 0) is 36.7 Å². The summed E-state index contributed by atoms with van der Waals surface area (Å²) in [5.74, 6) is 0.663. The van der Waals surface area contributed by atoms with Crippen molar-refractivity contribution in [1.29, 1.82) is 0 Å². The molecule has 0 nitrogen and oxygen atoms in total. The fraction of sp³-hybridized carbons (Fsp3) is 0.800. The van der Waals surface area contributed by atoms with Gasteiger partial charge in [0.05, 0.1) is 5.83 Å². The fourth-order valence-electron chi connectivity index (χ4n) is 1.45. The maximum absolute atomic E-state index is 12.9. The molecular formula is C10H17F. The molecular weight excluding hydrogens is 139 g/mol. The van der Waals surface area contributed by atoms with Crippen LogP contribution < -0.4 is 0 Å². The predicted molar refractivity (Wildman–Crippen MR) is 46.0 cm³/mol. The van der Waals surface area contributed by atoms with Crippen molar-refractivity contribution in [2.24, 2.45) is 11.3 Å². The molecule has 1 saturated carbocycles. The molecule has 1 rings (SSSR count). The van der Waals surface area contributed by atoms with E-state index >= 15 is 0 Å². The maximum Gasteiger partial charge on any atom is 0.0962 e. The van der Waals surface area contributed by atoms with E-state index in [1.165, 1.54) is 12.8 Å². The first-order valence-corrected chi connectivity index (χ1v) is 4.48. The van der Waals surface area contributed by atoms with Crippen molar-refractivity contribution in [3.63, 3.8) is 0 Å². The zero-order valence-electron chi connectivity index (χ0n) is 7.65. The third kappa shape index (κ3) is 1.82. The fourth-order valence-corrected chi connectivity index (χ4v) is 1.45. The minimum Gasteiger partial charge on any atom is -0.212 e. The van der Waals surface area contributed by atoms with Crippen LogP contribution in [0.2, 0.25) is 0 Å². The second-order valence-electron chi connectivity index (χ2n) is 3.83. The lowest BCUT2D eigenvalue weighted by Gasteiger charge is -2.14. The van der Waals surface area contributed by atoms with Crippen molar-refractivity contribution in [2.75, 3.05) is 0 Å². The Morgan fingerprint density at radius 1 is 1.55 bits per heavy atom. The van der Waals surface area contributed by atoms with Gasteiger partial charge < -0.3 is 0 Å². The molecule has 0 aromatic heterocycles. The minimum atomic E-state index is 0.0659. The standard InChI is InChI=1S/C10H17F/c1-4-9(11)7-10(5-6-10)8(2)3/h7-8H,4-6H2,1-3H3. The third-order valence-electron chi connectivity index (χ3n) is 2.76. The molecule has 0 N–H and O–H groups in total. The van der Waals surface area contributed by atoms with Crippen LogP contribution in [-0.4, -0.2) is 0 Å². The van der Waals surface area contributed by atoms with Crippen LogP contribution >= 0.6 is 0 Å². The molecule has 64 valence electrons. The number of rotatable bonds is 3. The van der Waals surface area contributed by atoms with Crippen LogP contribution in [0.1, 0.15) is 40.0 Å². The van der Waals surface area contributed by atoms with Crippen LogP contribution in [0.5, 0.6) is 0 Å². The van der Waals surface area contributed by atoms with Gasteiger partial charge in [0.25, 0.3) is 0 Å². The van der Waals surface area contributed by atoms with E-state index < -0.39 is 0 Å². The van der Waals surface area contributed by atoms with Gasteiger partial charge in [-0.1, -0.05) is 20.8 Å². The zero-order chi connectivity index (χ0) is 8.48. The summed E-state index contributed by atoms with van der Waals surface area (Å²) in [6, 6.07) is 0. The third-order valence-corrected chi connectivity index (χ3v) is 2.76. The number of allylic oxidation sites excluding steroid dienone is 2. The molecule has 0 heterocycles. The Balaban J connectivity index is 2.60. The van der Waals surface area contributed by atoms with E-state index in [0.29, 0.717) is 12.3 Å². The zero-order valence-corrected chi connectivity index (χ0v) is 7.65. The van der Waals surface area contributed by atoms with E-state index in [-0.39, 0.29) is 11.2 Å². The summed E-state index contributed by atoms with van der Waals surface area (Å²) in [5, 5.41) is 0. The quantitative estimate of drug-likeness (QED) is 0.584. The molecule has 0 aromatic carbocycles. The molecule has 0 aromatic rings. The summed E-state index contributed by atoms with van der Waals surface area (Å²) in [6.45, 7) is 6.21. The van der Waals surface area contributed by atoms with Gasteiger partial charge in [-0.15, -0.1) is 0 Å². The van der Waals surface area contributed by atoms with Crippen molar-refractivity contribution in [2.45, 2.75) is 40.0 Å². The summed E-state index contributed by atoms with van der Waals surface area (Å²) in [4.78, 5) is 0. The van der Waals surface area contributed by atoms with Gasteiger partial charge in [0.2, 0.25) is 0 Å². The molecule has 1 aliphatic rings. The largest absolute Gasteiger partial charge is 0.212 e. The summed E-state index contributed by atoms with van der Waals surface area (Å²) in [6.07, 6.45) is 4.75. The van der Waals surface area contributed by atoms with Crippen LogP contribution in [0.3, 0.4) is 0 Å². The van der Waals surface area contributed by atoms with Crippen molar-refractivity contribution in [3.8, 4) is 0 Å². The van der Waals surface area contributed by atoms with Gasteiger partial charge in [0, 0.05) is 0 Å². The van der Waals surface area contributed by atoms with Crippen LogP contribution in [-0.2, 0) is 0 Å². The minimum absolute atomic E-state index is 0.0659. The molecule has 0 radical (unpaired) electrons. The Morgan fingerprint density at radius 3 is 2.36 bits per heavy atom. The van der Waals surface area contributed by atoms with Crippen LogP contribution in [0.15, 0.2) is 11.9 Å². The Kier molecular flexibility index (Phi) is 2.36. The molecule has 1 fully saturated rings. The lowest BCUT2D eigenvalue weighted by Crippen LogP contribution is -2.05. The number of hydrogen-bond acceptors (Lipinski definition) is 0. The Bertz CT molecular complexity index is 164. The first kappa shape index (κ1) is 8.76. The summed E-state index contributed by atoms with van der Waals surface area (Å²) < 4.78 is 12.9. The van der Waals surface area contributed by atoms with E-state index in [4.69, 9.17) is 0 Å². The number of hydrogen-bond donors (Lipinski definition) is 0. The van der Waals surface area contributed by atoms with E-state index in [1.807, 2.05) is 13.0 Å². The summed E-state index contributed by atoms with van der Waals surface area (Å²) in [5.41, 5.74) is 0.236. The SMILES string of the molecule is CCC(F)=CC1(C(C)C)CC1. The van der Waals surface area contributed by atoms with Gasteiger partial charge in [-0.2, -0.15) is 0 Å². The second-order valence-corrected chi connectivity index (χ2v) is 3.83. The highest BCUT2D eigenvalue weighted by Crippen LogP contribution is 2.53. The first-order valence-electron chi connectivity index (χ1n) is 4.48. The Hall–Kier alpha value is -0.330. The molecule has 0 spiro atoms. The van der Waals surface area contributed by atoms with Gasteiger partial charge in [0.1, 0.15) is 0 Å². The molecule has 0 aliphatic heterocycles. The van der Waals surface area contributed by atoms with E-state index in [9.17, 15) is 4.39 Å². The van der Waals surface area contributed by atoms with Crippen molar-refractivity contribution in [3.05, 3.63) is 11.9 Å². The van der Waals surface area contributed by atoms with Crippen molar-refractivity contribution >= 4 is 0 Å². The van der Waals surface area contributed by atoms with Crippen LogP contribution in [0, 0.1) is 11.3 Å². The number of halogens is 1. The highest BCUT2D eigenvalue weighted by molar-refractivity contribution is 5.13. The highest BCUT2D eigenvalue weighted by atomic mass is 19.1. The van der Waals surface area contributed by atoms with E-state index in [0.717, 1.165) is 0 Å². The summed E-state index contributed by atoms with van der Waals surface area (Å²) >= 11 is 0. The molecule has 0 saturated heterocycles. The Labute approximate surface area is 68.5 Å². The monoisotopic (exact) mass is 156 g/mol. The predicted octanol–water partition coefficient (Wildman–Crippen LogP) is 3.69. The molecule has 0 unspecified atom stereocenters. The molecule has 1 heteroatoms.